The molecule has 1 fully saturated rings. The molecule has 0 amide bonds. The Hall–Kier alpha value is -2.68. The lowest BCUT2D eigenvalue weighted by molar-refractivity contribution is -0.217. The number of rotatable bonds is 6. The molecule has 1 saturated heterocycles. The molecule has 35 heavy (non-hydrogen) atoms. The van der Waals surface area contributed by atoms with E-state index in [1.54, 1.807) is 7.11 Å². The van der Waals surface area contributed by atoms with E-state index in [1.165, 1.54) is 14.2 Å². The van der Waals surface area contributed by atoms with Gasteiger partial charge in [-0.05, 0) is 41.4 Å². The lowest BCUT2D eigenvalue weighted by Gasteiger charge is -2.45. The van der Waals surface area contributed by atoms with Crippen molar-refractivity contribution in [1.29, 1.82) is 0 Å². The Balaban J connectivity index is 2.06. The summed E-state index contributed by atoms with van der Waals surface area (Å²) in [7, 11) is 1.69. The van der Waals surface area contributed by atoms with Gasteiger partial charge < -0.3 is 23.4 Å². The summed E-state index contributed by atoms with van der Waals surface area (Å²) in [5.41, 5.74) is 0.904. The van der Waals surface area contributed by atoms with Gasteiger partial charge in [0.1, 0.15) is 23.2 Å². The van der Waals surface area contributed by atoms with E-state index >= 15 is 0 Å². The van der Waals surface area contributed by atoms with Crippen LogP contribution < -0.4 is 4.74 Å². The van der Waals surface area contributed by atoms with Gasteiger partial charge in [0.15, 0.2) is 8.32 Å². The number of ether oxygens (including phenoxy) is 4. The quantitative estimate of drug-likeness (QED) is 0.421. The molecular weight excluding hydrogens is 464 g/mol. The van der Waals surface area contributed by atoms with Crippen LogP contribution in [-0.4, -0.2) is 41.6 Å². The standard InChI is InChI=1S/C27H34O7Si/c1-25(2,3)35(7,8)34-27-20-12-10-9-11-19(20)26(33-27,17-13-15-18(30-4)16-14-17)21(23(28)31-5)22(27)24(29)32-6/h9-16,21-22H,1-8H3/t21-,22-,26-,27-/m0/s1. The van der Waals surface area contributed by atoms with Crippen molar-refractivity contribution in [3.05, 3.63) is 65.2 Å². The maximum absolute atomic E-state index is 13.5. The molecule has 0 unspecified atom stereocenters. The molecule has 0 aliphatic carbocycles. The van der Waals surface area contributed by atoms with E-state index in [0.717, 1.165) is 11.1 Å². The van der Waals surface area contributed by atoms with Gasteiger partial charge in [0.2, 0.25) is 5.79 Å². The Morgan fingerprint density at radius 3 is 1.91 bits per heavy atom. The van der Waals surface area contributed by atoms with Crippen LogP contribution in [0.25, 0.3) is 0 Å². The molecule has 8 heteroatoms. The van der Waals surface area contributed by atoms with Crippen LogP contribution in [0.1, 0.15) is 37.5 Å². The summed E-state index contributed by atoms with van der Waals surface area (Å²) < 4.78 is 29.8. The third-order valence-corrected chi connectivity index (χ3v) is 12.3. The molecule has 188 valence electrons. The highest BCUT2D eigenvalue weighted by atomic mass is 28.4. The SMILES string of the molecule is COC(=O)[C@@H]1[C@@H](C(=O)OC)[C@@]2(c3ccc(OC)cc3)O[C@]1(O[Si](C)(C)C(C)(C)C)c1ccccc12. The minimum atomic E-state index is -2.53. The number of benzene rings is 2. The first-order valence-corrected chi connectivity index (χ1v) is 14.6. The summed E-state index contributed by atoms with van der Waals surface area (Å²) in [4.78, 5) is 26.9. The average molecular weight is 499 g/mol. The molecule has 2 aromatic rings. The summed E-state index contributed by atoms with van der Waals surface area (Å²) >= 11 is 0. The van der Waals surface area contributed by atoms with Gasteiger partial charge in [-0.15, -0.1) is 0 Å². The van der Waals surface area contributed by atoms with Gasteiger partial charge in [0.05, 0.1) is 21.3 Å². The highest BCUT2D eigenvalue weighted by Crippen LogP contribution is 2.68. The van der Waals surface area contributed by atoms with Crippen LogP contribution in [0, 0.1) is 11.8 Å². The number of hydrogen-bond donors (Lipinski definition) is 0. The van der Waals surface area contributed by atoms with Gasteiger partial charge in [0.25, 0.3) is 0 Å². The Bertz CT molecular complexity index is 1140. The molecule has 2 heterocycles. The zero-order chi connectivity index (χ0) is 25.8. The van der Waals surface area contributed by atoms with Crippen LogP contribution in [0.15, 0.2) is 48.5 Å². The molecule has 2 bridgehead atoms. The van der Waals surface area contributed by atoms with Crippen molar-refractivity contribution in [1.82, 2.24) is 0 Å². The summed E-state index contributed by atoms with van der Waals surface area (Å²) in [5, 5.41) is -0.185. The van der Waals surface area contributed by atoms with Gasteiger partial charge in [-0.3, -0.25) is 9.59 Å². The monoisotopic (exact) mass is 498 g/mol. The van der Waals surface area contributed by atoms with Crippen LogP contribution in [0.5, 0.6) is 5.75 Å². The van der Waals surface area contributed by atoms with Crippen LogP contribution >= 0.6 is 0 Å². The maximum Gasteiger partial charge on any atom is 0.315 e. The Labute approximate surface area is 207 Å². The highest BCUT2D eigenvalue weighted by Gasteiger charge is 2.77. The molecule has 0 aromatic heterocycles. The Kier molecular flexibility index (Phi) is 6.14. The minimum Gasteiger partial charge on any atom is -0.497 e. The first-order chi connectivity index (χ1) is 16.4. The van der Waals surface area contributed by atoms with Gasteiger partial charge in [-0.25, -0.2) is 0 Å². The van der Waals surface area contributed by atoms with Crippen LogP contribution in [0.2, 0.25) is 18.1 Å². The highest BCUT2D eigenvalue weighted by molar-refractivity contribution is 6.74. The van der Waals surface area contributed by atoms with Crippen LogP contribution in [0.3, 0.4) is 0 Å². The Morgan fingerprint density at radius 1 is 0.857 bits per heavy atom. The van der Waals surface area contributed by atoms with E-state index in [0.29, 0.717) is 11.3 Å². The third kappa shape index (κ3) is 3.53. The fourth-order valence-electron chi connectivity index (χ4n) is 5.13. The summed E-state index contributed by atoms with van der Waals surface area (Å²) in [5.74, 6) is -4.07. The van der Waals surface area contributed by atoms with Crippen molar-refractivity contribution in [2.24, 2.45) is 11.8 Å². The summed E-state index contributed by atoms with van der Waals surface area (Å²) in [6.07, 6.45) is 0. The van der Waals surface area contributed by atoms with E-state index < -0.39 is 43.5 Å². The summed E-state index contributed by atoms with van der Waals surface area (Å²) in [6.45, 7) is 10.6. The normalized spacial score (nSPS) is 27.3. The molecule has 4 rings (SSSR count). The molecule has 2 aliphatic heterocycles. The molecular formula is C27H34O7Si. The molecule has 2 aliphatic rings. The molecule has 0 spiro atoms. The predicted octanol–water partition coefficient (Wildman–Crippen LogP) is 4.74. The van der Waals surface area contributed by atoms with Gasteiger partial charge >= 0.3 is 11.9 Å². The second kappa shape index (κ2) is 8.46. The first-order valence-electron chi connectivity index (χ1n) is 11.7. The van der Waals surface area contributed by atoms with E-state index in [1.807, 2.05) is 48.5 Å². The predicted molar refractivity (Wildman–Crippen MR) is 132 cm³/mol. The van der Waals surface area contributed by atoms with E-state index in [4.69, 9.17) is 23.4 Å². The lowest BCUT2D eigenvalue weighted by Crippen LogP contribution is -2.54. The second-order valence-corrected chi connectivity index (χ2v) is 15.4. The summed E-state index contributed by atoms with van der Waals surface area (Å²) in [6, 6.07) is 15.0. The molecule has 4 atom stereocenters. The van der Waals surface area contributed by atoms with Crippen LogP contribution in [-0.2, 0) is 39.6 Å². The second-order valence-electron chi connectivity index (χ2n) is 10.6. The molecule has 0 N–H and O–H groups in total. The van der Waals surface area contributed by atoms with E-state index in [2.05, 4.69) is 33.9 Å². The van der Waals surface area contributed by atoms with E-state index in [-0.39, 0.29) is 5.04 Å². The maximum atomic E-state index is 13.5. The zero-order valence-corrected chi connectivity index (χ0v) is 22.6. The van der Waals surface area contributed by atoms with Crippen molar-refractivity contribution >= 4 is 20.3 Å². The smallest absolute Gasteiger partial charge is 0.315 e. The van der Waals surface area contributed by atoms with Crippen LogP contribution in [0.4, 0.5) is 0 Å². The third-order valence-electron chi connectivity index (χ3n) is 7.84. The zero-order valence-electron chi connectivity index (χ0n) is 21.6. The van der Waals surface area contributed by atoms with Gasteiger partial charge in [-0.2, -0.15) is 0 Å². The van der Waals surface area contributed by atoms with Crippen molar-refractivity contribution < 1.29 is 33.0 Å². The van der Waals surface area contributed by atoms with Gasteiger partial charge in [-0.1, -0.05) is 57.2 Å². The van der Waals surface area contributed by atoms with Crippen molar-refractivity contribution in [3.63, 3.8) is 0 Å². The van der Waals surface area contributed by atoms with Gasteiger partial charge in [0, 0.05) is 5.56 Å². The average Bonchev–Trinajstić information content (AvgIpc) is 3.29. The lowest BCUT2D eigenvalue weighted by atomic mass is 9.65. The number of esters is 2. The van der Waals surface area contributed by atoms with Crippen molar-refractivity contribution in [3.8, 4) is 5.75 Å². The fraction of sp³-hybridized carbons (Fsp3) is 0.481. The molecule has 2 aromatic carbocycles. The number of carbonyl (C=O) groups excluding carboxylic acids is 2. The number of carbonyl (C=O) groups is 2. The molecule has 0 saturated carbocycles. The molecule has 7 nitrogen and oxygen atoms in total. The Morgan fingerprint density at radius 2 is 1.40 bits per heavy atom. The fourth-order valence-corrected chi connectivity index (χ4v) is 6.47. The van der Waals surface area contributed by atoms with E-state index in [9.17, 15) is 9.59 Å². The topological polar surface area (TPSA) is 80.3 Å². The largest absolute Gasteiger partial charge is 0.497 e. The number of methoxy groups -OCH3 is 3. The number of fused-ring (bicyclic) bond motifs is 5. The van der Waals surface area contributed by atoms with Crippen molar-refractivity contribution in [2.45, 2.75) is 50.3 Å². The minimum absolute atomic E-state index is 0.185. The first kappa shape index (κ1) is 25.4. The number of hydrogen-bond acceptors (Lipinski definition) is 7. The molecule has 0 radical (unpaired) electrons. The van der Waals surface area contributed by atoms with Crippen molar-refractivity contribution in [2.75, 3.05) is 21.3 Å².